The van der Waals surface area contributed by atoms with Crippen LogP contribution in [0.3, 0.4) is 0 Å². The number of para-hydroxylation sites is 1. The Hall–Kier alpha value is -2.58. The van der Waals surface area contributed by atoms with Gasteiger partial charge in [-0.05, 0) is 37.5 Å². The molecule has 27 heavy (non-hydrogen) atoms. The van der Waals surface area contributed by atoms with Crippen molar-refractivity contribution in [2.75, 3.05) is 0 Å². The van der Waals surface area contributed by atoms with Crippen LogP contribution in [0.25, 0.3) is 10.9 Å². The number of hydrogen-bond acceptors (Lipinski definition) is 4. The first-order valence-electron chi connectivity index (χ1n) is 9.23. The number of nitrogens with zero attached hydrogens (tertiary/aromatic N) is 3. The fourth-order valence-electron chi connectivity index (χ4n) is 2.93. The summed E-state index contributed by atoms with van der Waals surface area (Å²) < 4.78 is 1.73. The summed E-state index contributed by atoms with van der Waals surface area (Å²) in [5.74, 6) is 0. The van der Waals surface area contributed by atoms with Crippen LogP contribution in [0.1, 0.15) is 30.9 Å². The summed E-state index contributed by atoms with van der Waals surface area (Å²) >= 11 is 1.38. The first-order valence-corrected chi connectivity index (χ1v) is 10.1. The van der Waals surface area contributed by atoms with E-state index < -0.39 is 0 Å². The molecule has 2 aromatic carbocycles. The van der Waals surface area contributed by atoms with Crippen molar-refractivity contribution in [1.82, 2.24) is 9.55 Å². The topological polar surface area (TPSA) is 58.7 Å². The number of aryl methyl sites for hydroxylation is 1. The molecule has 0 amide bonds. The Labute approximate surface area is 163 Å². The highest BCUT2D eigenvalue weighted by molar-refractivity contribution is 8.00. The van der Waals surface area contributed by atoms with Crippen LogP contribution in [0.15, 0.2) is 58.5 Å². The fraction of sp³-hybridized carbons (Fsp3) is 0.318. The van der Waals surface area contributed by atoms with Crippen molar-refractivity contribution in [3.63, 3.8) is 0 Å². The Morgan fingerprint density at radius 2 is 1.93 bits per heavy atom. The number of thioether (sulfide) groups is 1. The molecule has 0 radical (unpaired) electrons. The molecule has 0 bridgehead atoms. The van der Waals surface area contributed by atoms with Gasteiger partial charge in [-0.15, -0.1) is 0 Å². The molecule has 0 saturated carbocycles. The second-order valence-corrected chi connectivity index (χ2v) is 7.82. The zero-order valence-electron chi connectivity index (χ0n) is 15.7. The molecule has 0 aliphatic carbocycles. The highest BCUT2D eigenvalue weighted by atomic mass is 32.2. The van der Waals surface area contributed by atoms with Crippen molar-refractivity contribution in [3.05, 3.63) is 70.0 Å². The number of benzene rings is 2. The van der Waals surface area contributed by atoms with E-state index in [0.29, 0.717) is 29.0 Å². The largest absolute Gasteiger partial charge is 0.287 e. The summed E-state index contributed by atoms with van der Waals surface area (Å²) in [7, 11) is 0. The summed E-state index contributed by atoms with van der Waals surface area (Å²) in [5.41, 5.74) is 2.97. The van der Waals surface area contributed by atoms with E-state index in [2.05, 4.69) is 37.3 Å². The molecule has 1 aromatic heterocycles. The minimum atomic E-state index is -0.298. The molecule has 5 heteroatoms. The van der Waals surface area contributed by atoms with Gasteiger partial charge in [0.1, 0.15) is 5.25 Å². The average Bonchev–Trinajstić information content (AvgIpc) is 2.69. The van der Waals surface area contributed by atoms with Crippen molar-refractivity contribution in [2.24, 2.45) is 0 Å². The molecule has 0 aliphatic heterocycles. The minimum absolute atomic E-state index is 0.0245. The third kappa shape index (κ3) is 4.58. The number of rotatable bonds is 7. The first kappa shape index (κ1) is 19.2. The molecule has 0 fully saturated rings. The van der Waals surface area contributed by atoms with E-state index in [9.17, 15) is 10.1 Å². The maximum absolute atomic E-state index is 12.9. The van der Waals surface area contributed by atoms with Crippen molar-refractivity contribution < 1.29 is 0 Å². The predicted octanol–water partition coefficient (Wildman–Crippen LogP) is 4.73. The predicted molar refractivity (Wildman–Crippen MR) is 111 cm³/mol. The lowest BCUT2D eigenvalue weighted by Crippen LogP contribution is -2.24. The van der Waals surface area contributed by atoms with E-state index in [1.165, 1.54) is 17.3 Å². The van der Waals surface area contributed by atoms with Gasteiger partial charge in [0.05, 0.1) is 17.0 Å². The van der Waals surface area contributed by atoms with Crippen molar-refractivity contribution in [1.29, 1.82) is 5.26 Å². The number of hydrogen-bond donors (Lipinski definition) is 0. The van der Waals surface area contributed by atoms with Gasteiger partial charge in [-0.25, -0.2) is 4.98 Å². The van der Waals surface area contributed by atoms with Crippen LogP contribution >= 0.6 is 11.8 Å². The molecule has 4 nitrogen and oxygen atoms in total. The molecule has 0 unspecified atom stereocenters. The Balaban J connectivity index is 1.94. The lowest BCUT2D eigenvalue weighted by molar-refractivity contribution is 0.557. The highest BCUT2D eigenvalue weighted by Crippen LogP contribution is 2.25. The number of nitriles is 1. The van der Waals surface area contributed by atoms with Gasteiger partial charge in [-0.1, -0.05) is 67.1 Å². The molecule has 3 rings (SSSR count). The number of unbranched alkanes of at least 4 members (excludes halogenated alkanes) is 1. The third-order valence-corrected chi connectivity index (χ3v) is 5.57. The average molecular weight is 378 g/mol. The summed E-state index contributed by atoms with van der Waals surface area (Å²) in [4.78, 5) is 17.7. The molecule has 138 valence electrons. The molecule has 0 N–H and O–H groups in total. The zero-order valence-corrected chi connectivity index (χ0v) is 16.5. The molecular weight excluding hydrogens is 354 g/mol. The van der Waals surface area contributed by atoms with E-state index in [0.717, 1.165) is 18.4 Å². The van der Waals surface area contributed by atoms with Crippen molar-refractivity contribution in [3.8, 4) is 6.07 Å². The fourth-order valence-corrected chi connectivity index (χ4v) is 3.97. The van der Waals surface area contributed by atoms with Crippen LogP contribution in [-0.4, -0.2) is 14.8 Å². The maximum Gasteiger partial charge on any atom is 0.262 e. The summed E-state index contributed by atoms with van der Waals surface area (Å²) in [6, 6.07) is 18.0. The van der Waals surface area contributed by atoms with Gasteiger partial charge in [0.2, 0.25) is 0 Å². The summed E-state index contributed by atoms with van der Waals surface area (Å²) in [6.07, 6.45) is 2.52. The van der Waals surface area contributed by atoms with Crippen LogP contribution in [0.5, 0.6) is 0 Å². The monoisotopic (exact) mass is 377 g/mol. The van der Waals surface area contributed by atoms with Gasteiger partial charge >= 0.3 is 0 Å². The second-order valence-electron chi connectivity index (χ2n) is 6.65. The molecule has 3 aromatic rings. The van der Waals surface area contributed by atoms with Gasteiger partial charge in [0.15, 0.2) is 5.16 Å². The van der Waals surface area contributed by atoms with Gasteiger partial charge < -0.3 is 0 Å². The summed E-state index contributed by atoms with van der Waals surface area (Å²) in [6.45, 7) is 4.77. The van der Waals surface area contributed by atoms with Gasteiger partial charge in [-0.2, -0.15) is 5.26 Å². The van der Waals surface area contributed by atoms with Crippen LogP contribution < -0.4 is 5.56 Å². The molecular formula is C22H23N3OS. The van der Waals surface area contributed by atoms with Crippen LogP contribution in [0.4, 0.5) is 0 Å². The van der Waals surface area contributed by atoms with E-state index in [-0.39, 0.29) is 10.8 Å². The van der Waals surface area contributed by atoms with Gasteiger partial charge in [0, 0.05) is 6.54 Å². The van der Waals surface area contributed by atoms with Gasteiger partial charge in [0.25, 0.3) is 5.56 Å². The highest BCUT2D eigenvalue weighted by Gasteiger charge is 2.17. The lowest BCUT2D eigenvalue weighted by atomic mass is 10.1. The first-order chi connectivity index (χ1) is 13.1. The van der Waals surface area contributed by atoms with E-state index in [4.69, 9.17) is 4.98 Å². The van der Waals surface area contributed by atoms with Crippen LogP contribution in [-0.2, 0) is 13.0 Å². The minimum Gasteiger partial charge on any atom is -0.287 e. The molecule has 0 spiro atoms. The maximum atomic E-state index is 12.9. The van der Waals surface area contributed by atoms with Gasteiger partial charge in [-0.3, -0.25) is 9.36 Å². The van der Waals surface area contributed by atoms with E-state index in [1.54, 1.807) is 4.57 Å². The molecule has 1 heterocycles. The zero-order chi connectivity index (χ0) is 19.2. The van der Waals surface area contributed by atoms with Crippen LogP contribution in [0, 0.1) is 18.3 Å². The van der Waals surface area contributed by atoms with E-state index in [1.807, 2.05) is 31.2 Å². The lowest BCUT2D eigenvalue weighted by Gasteiger charge is -2.15. The molecule has 1 atom stereocenters. The van der Waals surface area contributed by atoms with Crippen LogP contribution in [0.2, 0.25) is 0 Å². The normalized spacial score (nSPS) is 12.0. The standard InChI is InChI=1S/C22H23N3OS/c1-3-4-13-25-21(26)19-7-5-6-8-20(19)24-22(25)27-18(15-23)14-17-11-9-16(2)10-12-17/h5-12,18H,3-4,13-14H2,1-2H3/t18-/m0/s1. The van der Waals surface area contributed by atoms with Crippen molar-refractivity contribution >= 4 is 22.7 Å². The Bertz CT molecular complexity index is 1020. The Kier molecular flexibility index (Phi) is 6.31. The summed E-state index contributed by atoms with van der Waals surface area (Å²) in [5, 5.41) is 10.6. The van der Waals surface area contributed by atoms with Crippen molar-refractivity contribution in [2.45, 2.75) is 50.1 Å². The third-order valence-electron chi connectivity index (χ3n) is 4.50. The Morgan fingerprint density at radius 3 is 2.63 bits per heavy atom. The van der Waals surface area contributed by atoms with E-state index >= 15 is 0 Å². The SMILES string of the molecule is CCCCn1c(S[C@H](C#N)Cc2ccc(C)cc2)nc2ccccc2c1=O. The Morgan fingerprint density at radius 1 is 1.19 bits per heavy atom. The number of aromatic nitrogens is 2. The quantitative estimate of drug-likeness (QED) is 0.441. The molecule has 0 saturated heterocycles. The second kappa shape index (κ2) is 8.88. The smallest absolute Gasteiger partial charge is 0.262 e. The molecule has 0 aliphatic rings. The number of fused-ring (bicyclic) bond motifs is 1.